The molecule has 1 unspecified atom stereocenters. The maximum atomic E-state index is 11.9. The van der Waals surface area contributed by atoms with Crippen LogP contribution >= 0.6 is 0 Å². The van der Waals surface area contributed by atoms with Crippen LogP contribution in [0.15, 0.2) is 11.6 Å². The van der Waals surface area contributed by atoms with Gasteiger partial charge in [-0.15, -0.1) is 0 Å². The maximum absolute atomic E-state index is 11.9. The Kier molecular flexibility index (Phi) is 4.36. The number of carbonyl (C=O) groups is 1. The zero-order valence-electron chi connectivity index (χ0n) is 9.49. The van der Waals surface area contributed by atoms with Gasteiger partial charge in [0.1, 0.15) is 5.92 Å². The third-order valence-electron chi connectivity index (χ3n) is 2.78. The molecule has 0 bridgehead atoms. The molecule has 0 aromatic rings. The van der Waals surface area contributed by atoms with E-state index in [2.05, 4.69) is 19.1 Å². The number of hydrogen-bond acceptors (Lipinski definition) is 2. The molecule has 1 atom stereocenters. The van der Waals surface area contributed by atoms with Crippen LogP contribution in [0.25, 0.3) is 0 Å². The second-order valence-electron chi connectivity index (χ2n) is 4.06. The highest BCUT2D eigenvalue weighted by molar-refractivity contribution is 5.81. The lowest BCUT2D eigenvalue weighted by Crippen LogP contribution is -2.38. The lowest BCUT2D eigenvalue weighted by atomic mass is 10.0. The van der Waals surface area contributed by atoms with E-state index in [0.717, 1.165) is 19.4 Å². The highest BCUT2D eigenvalue weighted by Crippen LogP contribution is 2.15. The van der Waals surface area contributed by atoms with Gasteiger partial charge in [-0.25, -0.2) is 0 Å². The SMILES string of the molecule is CCCC(C#N)C(=O)N1CC=C(C)CC1. The Morgan fingerprint density at radius 2 is 2.47 bits per heavy atom. The van der Waals surface area contributed by atoms with Crippen LogP contribution in [0.3, 0.4) is 0 Å². The molecule has 1 amide bonds. The van der Waals surface area contributed by atoms with Gasteiger partial charge >= 0.3 is 0 Å². The molecular weight excluding hydrogens is 188 g/mol. The van der Waals surface area contributed by atoms with E-state index < -0.39 is 5.92 Å². The van der Waals surface area contributed by atoms with Crippen molar-refractivity contribution in [1.29, 1.82) is 5.26 Å². The molecule has 1 aliphatic rings. The minimum Gasteiger partial charge on any atom is -0.338 e. The van der Waals surface area contributed by atoms with E-state index in [9.17, 15) is 4.79 Å². The largest absolute Gasteiger partial charge is 0.338 e. The van der Waals surface area contributed by atoms with Crippen molar-refractivity contribution in [2.24, 2.45) is 5.92 Å². The van der Waals surface area contributed by atoms with Crippen LogP contribution in [0.2, 0.25) is 0 Å². The molecular formula is C12H18N2O. The predicted molar refractivity (Wildman–Crippen MR) is 59.0 cm³/mol. The zero-order chi connectivity index (χ0) is 11.3. The molecule has 0 radical (unpaired) electrons. The smallest absolute Gasteiger partial charge is 0.240 e. The Bertz CT molecular complexity index is 301. The fourth-order valence-corrected chi connectivity index (χ4v) is 1.72. The first kappa shape index (κ1) is 11.8. The van der Waals surface area contributed by atoms with Gasteiger partial charge in [0, 0.05) is 13.1 Å². The lowest BCUT2D eigenvalue weighted by Gasteiger charge is -2.27. The summed E-state index contributed by atoms with van der Waals surface area (Å²) < 4.78 is 0. The Morgan fingerprint density at radius 1 is 1.73 bits per heavy atom. The first-order valence-corrected chi connectivity index (χ1v) is 5.53. The third kappa shape index (κ3) is 3.09. The molecule has 3 nitrogen and oxygen atoms in total. The molecule has 15 heavy (non-hydrogen) atoms. The highest BCUT2D eigenvalue weighted by Gasteiger charge is 2.23. The van der Waals surface area contributed by atoms with Gasteiger partial charge in [0.2, 0.25) is 5.91 Å². The number of amides is 1. The van der Waals surface area contributed by atoms with Crippen LogP contribution in [0.5, 0.6) is 0 Å². The van der Waals surface area contributed by atoms with E-state index >= 15 is 0 Å². The summed E-state index contributed by atoms with van der Waals surface area (Å²) in [7, 11) is 0. The standard InChI is InChI=1S/C12H18N2O/c1-3-4-11(9-13)12(15)14-7-5-10(2)6-8-14/h5,11H,3-4,6-8H2,1-2H3. The van der Waals surface area contributed by atoms with Crippen molar-refractivity contribution in [3.05, 3.63) is 11.6 Å². The molecule has 0 fully saturated rings. The van der Waals surface area contributed by atoms with Crippen molar-refractivity contribution >= 4 is 5.91 Å². The van der Waals surface area contributed by atoms with Gasteiger partial charge < -0.3 is 4.90 Å². The Balaban J connectivity index is 2.57. The molecule has 0 N–H and O–H groups in total. The van der Waals surface area contributed by atoms with Crippen LogP contribution in [0.4, 0.5) is 0 Å². The summed E-state index contributed by atoms with van der Waals surface area (Å²) >= 11 is 0. The Labute approximate surface area is 91.4 Å². The zero-order valence-corrected chi connectivity index (χ0v) is 9.49. The van der Waals surface area contributed by atoms with Gasteiger partial charge in [-0.3, -0.25) is 4.79 Å². The normalized spacial score (nSPS) is 17.9. The van der Waals surface area contributed by atoms with E-state index in [1.54, 1.807) is 4.90 Å². The van der Waals surface area contributed by atoms with Crippen molar-refractivity contribution in [3.63, 3.8) is 0 Å². The summed E-state index contributed by atoms with van der Waals surface area (Å²) in [5.41, 5.74) is 1.34. The second-order valence-corrected chi connectivity index (χ2v) is 4.06. The summed E-state index contributed by atoms with van der Waals surface area (Å²) in [6.07, 6.45) is 4.57. The van der Waals surface area contributed by atoms with Crippen molar-refractivity contribution < 1.29 is 4.79 Å². The van der Waals surface area contributed by atoms with E-state index in [-0.39, 0.29) is 5.91 Å². The van der Waals surface area contributed by atoms with E-state index in [4.69, 9.17) is 5.26 Å². The van der Waals surface area contributed by atoms with E-state index in [1.807, 2.05) is 6.92 Å². The first-order chi connectivity index (χ1) is 7.19. The number of carbonyl (C=O) groups excluding carboxylic acids is 1. The first-order valence-electron chi connectivity index (χ1n) is 5.53. The van der Waals surface area contributed by atoms with Crippen LogP contribution in [0, 0.1) is 17.2 Å². The molecule has 1 heterocycles. The average Bonchev–Trinajstić information content (AvgIpc) is 2.26. The van der Waals surface area contributed by atoms with Crippen molar-refractivity contribution in [1.82, 2.24) is 4.90 Å². The summed E-state index contributed by atoms with van der Waals surface area (Å²) in [6, 6.07) is 2.10. The summed E-state index contributed by atoms with van der Waals surface area (Å²) in [5, 5.41) is 8.90. The molecule has 0 saturated carbocycles. The topological polar surface area (TPSA) is 44.1 Å². The van der Waals surface area contributed by atoms with Gasteiger partial charge in [-0.2, -0.15) is 5.26 Å². The predicted octanol–water partition coefficient (Wildman–Crippen LogP) is 2.10. The van der Waals surface area contributed by atoms with Gasteiger partial charge in [-0.05, 0) is 19.8 Å². The monoisotopic (exact) mass is 206 g/mol. The lowest BCUT2D eigenvalue weighted by molar-refractivity contribution is -0.133. The van der Waals surface area contributed by atoms with Crippen molar-refractivity contribution in [3.8, 4) is 6.07 Å². The fourth-order valence-electron chi connectivity index (χ4n) is 1.72. The molecule has 0 saturated heterocycles. The molecule has 0 aromatic heterocycles. The minimum atomic E-state index is -0.443. The second kappa shape index (κ2) is 5.55. The number of nitriles is 1. The molecule has 1 rings (SSSR count). The van der Waals surface area contributed by atoms with E-state index in [1.165, 1.54) is 5.57 Å². The quantitative estimate of drug-likeness (QED) is 0.664. The summed E-state index contributed by atoms with van der Waals surface area (Å²) in [6.45, 7) is 5.52. The van der Waals surface area contributed by atoms with Crippen molar-refractivity contribution in [2.75, 3.05) is 13.1 Å². The van der Waals surface area contributed by atoms with Crippen LogP contribution < -0.4 is 0 Å². The van der Waals surface area contributed by atoms with E-state index in [0.29, 0.717) is 13.0 Å². The molecule has 1 aliphatic heterocycles. The summed E-state index contributed by atoms with van der Waals surface area (Å²) in [4.78, 5) is 13.7. The van der Waals surface area contributed by atoms with Crippen LogP contribution in [-0.2, 0) is 4.79 Å². The molecule has 0 aliphatic carbocycles. The molecule has 3 heteroatoms. The van der Waals surface area contributed by atoms with Gasteiger partial charge in [-0.1, -0.05) is 25.0 Å². The minimum absolute atomic E-state index is 0.00287. The van der Waals surface area contributed by atoms with Crippen molar-refractivity contribution in [2.45, 2.75) is 33.1 Å². The van der Waals surface area contributed by atoms with Crippen LogP contribution in [-0.4, -0.2) is 23.9 Å². The fraction of sp³-hybridized carbons (Fsp3) is 0.667. The van der Waals surface area contributed by atoms with Gasteiger partial charge in [0.05, 0.1) is 6.07 Å². The summed E-state index contributed by atoms with van der Waals surface area (Å²) in [5.74, 6) is -0.440. The highest BCUT2D eigenvalue weighted by atomic mass is 16.2. The molecule has 0 spiro atoms. The Morgan fingerprint density at radius 3 is 2.93 bits per heavy atom. The molecule has 0 aromatic carbocycles. The molecule has 82 valence electrons. The average molecular weight is 206 g/mol. The van der Waals surface area contributed by atoms with Gasteiger partial charge in [0.15, 0.2) is 0 Å². The number of rotatable bonds is 3. The number of hydrogen-bond donors (Lipinski definition) is 0. The van der Waals surface area contributed by atoms with Gasteiger partial charge in [0.25, 0.3) is 0 Å². The maximum Gasteiger partial charge on any atom is 0.240 e. The third-order valence-corrected chi connectivity index (χ3v) is 2.78. The Hall–Kier alpha value is -1.30. The van der Waals surface area contributed by atoms with Crippen LogP contribution in [0.1, 0.15) is 33.1 Å². The number of nitrogens with zero attached hydrogens (tertiary/aromatic N) is 2.